The maximum absolute atomic E-state index is 12.7. The highest BCUT2D eigenvalue weighted by atomic mass is 16.5. The second-order valence-electron chi connectivity index (χ2n) is 7.53. The van der Waals surface area contributed by atoms with Gasteiger partial charge in [-0.15, -0.1) is 0 Å². The normalized spacial score (nSPS) is 15.2. The van der Waals surface area contributed by atoms with Crippen molar-refractivity contribution in [1.82, 2.24) is 0 Å². The smallest absolute Gasteiger partial charge is 0.361 e. The van der Waals surface area contributed by atoms with Gasteiger partial charge in [0, 0.05) is 11.1 Å². The second-order valence-corrected chi connectivity index (χ2v) is 7.53. The number of hydrogen-bond donors (Lipinski definition) is 1. The van der Waals surface area contributed by atoms with Gasteiger partial charge >= 0.3 is 5.97 Å². The zero-order valence-corrected chi connectivity index (χ0v) is 17.2. The summed E-state index contributed by atoms with van der Waals surface area (Å²) in [7, 11) is 0. The Bertz CT molecular complexity index is 989. The molecular weight excluding hydrogens is 366 g/mol. The third-order valence-corrected chi connectivity index (χ3v) is 4.59. The molecule has 0 bridgehead atoms. The van der Waals surface area contributed by atoms with Crippen LogP contribution in [0.15, 0.2) is 58.6 Å². The lowest BCUT2D eigenvalue weighted by atomic mass is 9.85. The number of nitrogens with one attached hydrogen (secondary N) is 1. The summed E-state index contributed by atoms with van der Waals surface area (Å²) in [5.41, 5.74) is 6.44. The number of nitrogens with zero attached hydrogens (tertiary/aromatic N) is 2. The Kier molecular flexibility index (Phi) is 5.92. The van der Waals surface area contributed by atoms with Gasteiger partial charge in [-0.1, -0.05) is 24.3 Å². The van der Waals surface area contributed by atoms with E-state index in [0.717, 1.165) is 17.5 Å². The van der Waals surface area contributed by atoms with Crippen LogP contribution in [0.5, 0.6) is 0 Å². The Balaban J connectivity index is 2.01. The fourth-order valence-electron chi connectivity index (χ4n) is 3.25. The van der Waals surface area contributed by atoms with Crippen LogP contribution in [0.4, 0.5) is 5.69 Å². The number of rotatable bonds is 6. The van der Waals surface area contributed by atoms with Gasteiger partial charge in [0.2, 0.25) is 0 Å². The molecule has 0 aromatic heterocycles. The molecule has 0 saturated carbocycles. The van der Waals surface area contributed by atoms with Gasteiger partial charge in [-0.05, 0) is 63.9 Å². The second kappa shape index (κ2) is 8.39. The van der Waals surface area contributed by atoms with E-state index in [1.54, 1.807) is 31.2 Å². The number of ketones is 1. The number of hydrazone groups is 1. The fourth-order valence-corrected chi connectivity index (χ4v) is 3.25. The average Bonchev–Trinajstić information content (AvgIpc) is 2.67. The Labute approximate surface area is 170 Å². The summed E-state index contributed by atoms with van der Waals surface area (Å²) in [6.07, 6.45) is 0.780. The SMILES string of the molecule is CCOC(=O)/C(=N/Nc1ccc(C(C)=O)cc1)C1=NC(C)(C)Cc2ccccc21. The van der Waals surface area contributed by atoms with Gasteiger partial charge in [-0.25, -0.2) is 4.79 Å². The van der Waals surface area contributed by atoms with Crippen molar-refractivity contribution in [3.8, 4) is 0 Å². The first-order valence-electron chi connectivity index (χ1n) is 9.61. The first-order chi connectivity index (χ1) is 13.8. The van der Waals surface area contributed by atoms with E-state index >= 15 is 0 Å². The molecule has 150 valence electrons. The third-order valence-electron chi connectivity index (χ3n) is 4.59. The highest BCUT2D eigenvalue weighted by Crippen LogP contribution is 2.27. The average molecular weight is 391 g/mol. The lowest BCUT2D eigenvalue weighted by Crippen LogP contribution is -2.36. The number of esters is 1. The predicted octanol–water partition coefficient (Wildman–Crippen LogP) is 4.04. The molecule has 3 rings (SSSR count). The standard InChI is InChI=1S/C23H25N3O3/c1-5-29-22(28)21(26-25-18-12-10-16(11-13-18)15(2)27)20-19-9-7-6-8-17(19)14-23(3,4)24-20/h6-13,25H,5,14H2,1-4H3/b26-21+. The van der Waals surface area contributed by atoms with Gasteiger partial charge in [-0.3, -0.25) is 15.2 Å². The van der Waals surface area contributed by atoms with E-state index < -0.39 is 5.97 Å². The number of anilines is 1. The summed E-state index contributed by atoms with van der Waals surface area (Å²) < 4.78 is 5.24. The topological polar surface area (TPSA) is 80.1 Å². The molecule has 0 amide bonds. The van der Waals surface area contributed by atoms with E-state index in [1.165, 1.54) is 6.92 Å². The van der Waals surface area contributed by atoms with Crippen LogP contribution in [0.2, 0.25) is 0 Å². The summed E-state index contributed by atoms with van der Waals surface area (Å²) in [6.45, 7) is 7.56. The summed E-state index contributed by atoms with van der Waals surface area (Å²) in [5, 5.41) is 4.35. The van der Waals surface area contributed by atoms with E-state index in [1.807, 2.05) is 38.1 Å². The number of hydrogen-bond acceptors (Lipinski definition) is 6. The molecule has 2 aromatic carbocycles. The van der Waals surface area contributed by atoms with E-state index in [0.29, 0.717) is 17.0 Å². The summed E-state index contributed by atoms with van der Waals surface area (Å²) in [4.78, 5) is 29.0. The Morgan fingerprint density at radius 3 is 2.48 bits per heavy atom. The molecule has 29 heavy (non-hydrogen) atoms. The summed E-state index contributed by atoms with van der Waals surface area (Å²) in [5.74, 6) is -0.547. The van der Waals surface area contributed by atoms with Gasteiger partial charge in [0.1, 0.15) is 5.71 Å². The molecule has 1 aliphatic rings. The minimum Gasteiger partial charge on any atom is -0.461 e. The van der Waals surface area contributed by atoms with Crippen molar-refractivity contribution in [3.63, 3.8) is 0 Å². The minimum absolute atomic E-state index is 0.0114. The van der Waals surface area contributed by atoms with Crippen LogP contribution in [0, 0.1) is 0 Å². The Hall–Kier alpha value is -3.28. The highest BCUT2D eigenvalue weighted by Gasteiger charge is 2.32. The van der Waals surface area contributed by atoms with Crippen molar-refractivity contribution in [2.24, 2.45) is 10.1 Å². The number of aliphatic imine (C=N–C) groups is 1. The summed E-state index contributed by atoms with van der Waals surface area (Å²) in [6, 6.07) is 14.8. The van der Waals surface area contributed by atoms with E-state index in [-0.39, 0.29) is 23.6 Å². The monoisotopic (exact) mass is 391 g/mol. The predicted molar refractivity (Wildman–Crippen MR) is 115 cm³/mol. The number of Topliss-reactive ketones (excluding diaryl/α,β-unsaturated/α-hetero) is 1. The van der Waals surface area contributed by atoms with Gasteiger partial charge < -0.3 is 4.74 Å². The van der Waals surface area contributed by atoms with Crippen LogP contribution in [-0.4, -0.2) is 35.3 Å². The zero-order valence-electron chi connectivity index (χ0n) is 17.2. The van der Waals surface area contributed by atoms with Crippen LogP contribution in [0.3, 0.4) is 0 Å². The first-order valence-corrected chi connectivity index (χ1v) is 9.61. The molecule has 1 N–H and O–H groups in total. The molecular formula is C23H25N3O3. The fraction of sp³-hybridized carbons (Fsp3) is 0.304. The molecule has 0 aliphatic carbocycles. The highest BCUT2D eigenvalue weighted by molar-refractivity contribution is 6.69. The molecule has 0 atom stereocenters. The van der Waals surface area contributed by atoms with E-state index in [2.05, 4.69) is 10.5 Å². The molecule has 6 heteroatoms. The van der Waals surface area contributed by atoms with Crippen molar-refractivity contribution in [2.45, 2.75) is 39.7 Å². The van der Waals surface area contributed by atoms with E-state index in [9.17, 15) is 9.59 Å². The zero-order chi connectivity index (χ0) is 21.0. The van der Waals surface area contributed by atoms with E-state index in [4.69, 9.17) is 9.73 Å². The minimum atomic E-state index is -0.536. The largest absolute Gasteiger partial charge is 0.461 e. The van der Waals surface area contributed by atoms with Crippen LogP contribution < -0.4 is 5.43 Å². The van der Waals surface area contributed by atoms with Crippen molar-refractivity contribution >= 4 is 28.9 Å². The molecule has 0 radical (unpaired) electrons. The van der Waals surface area contributed by atoms with Crippen LogP contribution in [0.1, 0.15) is 49.2 Å². The van der Waals surface area contributed by atoms with Gasteiger partial charge in [0.15, 0.2) is 11.5 Å². The third kappa shape index (κ3) is 4.77. The molecule has 0 fully saturated rings. The molecule has 1 aliphatic heterocycles. The number of carbonyl (C=O) groups is 2. The number of benzene rings is 2. The number of ether oxygens (including phenoxy) is 1. The van der Waals surface area contributed by atoms with Crippen molar-refractivity contribution in [3.05, 3.63) is 65.2 Å². The van der Waals surface area contributed by atoms with Gasteiger partial charge in [0.05, 0.1) is 17.8 Å². The maximum Gasteiger partial charge on any atom is 0.361 e. The van der Waals surface area contributed by atoms with Crippen molar-refractivity contribution in [1.29, 1.82) is 0 Å². The molecule has 0 spiro atoms. The molecule has 0 unspecified atom stereocenters. The van der Waals surface area contributed by atoms with Crippen molar-refractivity contribution < 1.29 is 14.3 Å². The van der Waals surface area contributed by atoms with Gasteiger partial charge in [-0.2, -0.15) is 5.10 Å². The Morgan fingerprint density at radius 2 is 1.83 bits per heavy atom. The molecule has 6 nitrogen and oxygen atoms in total. The number of fused-ring (bicyclic) bond motifs is 1. The Morgan fingerprint density at radius 1 is 1.14 bits per heavy atom. The van der Waals surface area contributed by atoms with Gasteiger partial charge in [0.25, 0.3) is 0 Å². The molecule has 2 aromatic rings. The molecule has 0 saturated heterocycles. The van der Waals surface area contributed by atoms with Crippen LogP contribution in [0.25, 0.3) is 0 Å². The number of carbonyl (C=O) groups excluding carboxylic acids is 2. The first kappa shape index (κ1) is 20.5. The van der Waals surface area contributed by atoms with Crippen molar-refractivity contribution in [2.75, 3.05) is 12.0 Å². The lowest BCUT2D eigenvalue weighted by molar-refractivity contribution is -0.134. The molecule has 1 heterocycles. The quantitative estimate of drug-likeness (QED) is 0.349. The summed E-state index contributed by atoms with van der Waals surface area (Å²) >= 11 is 0. The maximum atomic E-state index is 12.7. The lowest BCUT2D eigenvalue weighted by Gasteiger charge is -2.29. The van der Waals surface area contributed by atoms with Crippen LogP contribution >= 0.6 is 0 Å². The van der Waals surface area contributed by atoms with Crippen LogP contribution in [-0.2, 0) is 16.0 Å².